The Morgan fingerprint density at radius 1 is 0.609 bits per heavy atom. The molecule has 1 aromatic rings. The first-order valence-electron chi connectivity index (χ1n) is 6.00. The maximum atomic E-state index is 12.8. The molecule has 0 unspecified atom stereocenters. The summed E-state index contributed by atoms with van der Waals surface area (Å²) in [5, 5.41) is 9.14. The predicted molar refractivity (Wildman–Crippen MR) is 61.5 cm³/mol. The van der Waals surface area contributed by atoms with E-state index in [0.717, 1.165) is 13.8 Å². The molecule has 0 spiro atoms. The Kier molecular flexibility index (Phi) is 4.50. The molecule has 1 nitrogen and oxygen atoms in total. The minimum atomic E-state index is -6.09. The van der Waals surface area contributed by atoms with Crippen molar-refractivity contribution in [3.05, 3.63) is 35.4 Å². The van der Waals surface area contributed by atoms with Crippen molar-refractivity contribution in [2.24, 2.45) is 0 Å². The highest BCUT2D eigenvalue weighted by molar-refractivity contribution is 5.34. The second kappa shape index (κ2) is 5.29. The molecular weight excluding hydrogens is 343 g/mol. The fourth-order valence-electron chi connectivity index (χ4n) is 1.78. The minimum absolute atomic E-state index is 0.184. The lowest BCUT2D eigenvalue weighted by Gasteiger charge is -2.33. The van der Waals surface area contributed by atoms with Crippen molar-refractivity contribution >= 4 is 0 Å². The molecule has 0 saturated carbocycles. The van der Waals surface area contributed by atoms with Gasteiger partial charge in [-0.3, -0.25) is 0 Å². The topological polar surface area (TPSA) is 20.2 Å². The van der Waals surface area contributed by atoms with Crippen molar-refractivity contribution in [1.82, 2.24) is 0 Å². The van der Waals surface area contributed by atoms with E-state index in [1.165, 1.54) is 0 Å². The second-order valence-corrected chi connectivity index (χ2v) is 5.41. The molecule has 0 aliphatic carbocycles. The average Bonchev–Trinajstić information content (AvgIpc) is 2.33. The van der Waals surface area contributed by atoms with Crippen molar-refractivity contribution in [3.8, 4) is 0 Å². The molecule has 10 heteroatoms. The van der Waals surface area contributed by atoms with Gasteiger partial charge < -0.3 is 5.11 Å². The van der Waals surface area contributed by atoms with E-state index in [0.29, 0.717) is 12.1 Å². The molecule has 0 saturated heterocycles. The zero-order valence-electron chi connectivity index (χ0n) is 11.7. The van der Waals surface area contributed by atoms with Gasteiger partial charge in [-0.05, 0) is 19.4 Å². The number of aliphatic hydroxyl groups is 1. The summed E-state index contributed by atoms with van der Waals surface area (Å²) in [7, 11) is 0. The number of rotatable bonds is 2. The largest absolute Gasteiger partial charge is 0.430 e. The van der Waals surface area contributed by atoms with Crippen molar-refractivity contribution in [2.45, 2.75) is 43.4 Å². The fraction of sp³-hybridized carbons (Fsp3) is 0.538. The molecule has 1 aromatic carbocycles. The van der Waals surface area contributed by atoms with Crippen molar-refractivity contribution in [1.29, 1.82) is 0 Å². The fourth-order valence-corrected chi connectivity index (χ4v) is 1.78. The molecule has 23 heavy (non-hydrogen) atoms. The van der Waals surface area contributed by atoms with Crippen LogP contribution in [-0.4, -0.2) is 23.6 Å². The van der Waals surface area contributed by atoms with Crippen LogP contribution in [0.15, 0.2) is 24.3 Å². The van der Waals surface area contributed by atoms with Gasteiger partial charge in [0, 0.05) is 5.56 Å². The first-order valence-corrected chi connectivity index (χ1v) is 6.00. The van der Waals surface area contributed by atoms with Crippen molar-refractivity contribution in [2.75, 3.05) is 0 Å². The Balaban J connectivity index is 3.43. The lowest BCUT2D eigenvalue weighted by molar-refractivity contribution is -0.376. The van der Waals surface area contributed by atoms with E-state index in [4.69, 9.17) is 5.11 Å². The summed E-state index contributed by atoms with van der Waals surface area (Å²) >= 11 is 0. The summed E-state index contributed by atoms with van der Waals surface area (Å²) in [4.78, 5) is 0. The van der Waals surface area contributed by atoms with Crippen LogP contribution in [0.1, 0.15) is 25.0 Å². The Bertz CT molecular complexity index is 535. The highest BCUT2D eigenvalue weighted by atomic mass is 19.4. The van der Waals surface area contributed by atoms with Crippen LogP contribution in [-0.2, 0) is 11.0 Å². The van der Waals surface area contributed by atoms with Gasteiger partial charge in [0.05, 0.1) is 5.41 Å². The minimum Gasteiger partial charge on any atom is -0.369 e. The molecule has 0 amide bonds. The van der Waals surface area contributed by atoms with Crippen LogP contribution in [0.5, 0.6) is 0 Å². The van der Waals surface area contributed by atoms with E-state index in [9.17, 15) is 39.5 Å². The third-order valence-electron chi connectivity index (χ3n) is 3.55. The number of halogens is 9. The first kappa shape index (κ1) is 19.6. The van der Waals surface area contributed by atoms with Gasteiger partial charge in [0.2, 0.25) is 0 Å². The van der Waals surface area contributed by atoms with Crippen molar-refractivity contribution in [3.63, 3.8) is 0 Å². The van der Waals surface area contributed by atoms with Crippen LogP contribution in [0.2, 0.25) is 0 Å². The maximum Gasteiger partial charge on any atom is 0.430 e. The van der Waals surface area contributed by atoms with Gasteiger partial charge in [-0.1, -0.05) is 24.3 Å². The predicted octanol–water partition coefficient (Wildman–Crippen LogP) is 4.84. The highest BCUT2D eigenvalue weighted by Gasteiger charge is 2.71. The van der Waals surface area contributed by atoms with Crippen LogP contribution < -0.4 is 0 Å². The van der Waals surface area contributed by atoms with Crippen molar-refractivity contribution < 1.29 is 44.6 Å². The summed E-state index contributed by atoms with van der Waals surface area (Å²) in [6.07, 6.45) is -16.9. The molecule has 0 aliphatic rings. The van der Waals surface area contributed by atoms with Crippen LogP contribution in [0.4, 0.5) is 39.5 Å². The lowest BCUT2D eigenvalue weighted by Crippen LogP contribution is -2.53. The monoisotopic (exact) mass is 354 g/mol. The number of hydrogen-bond acceptors (Lipinski definition) is 1. The zero-order valence-corrected chi connectivity index (χ0v) is 11.7. The molecule has 1 rings (SSSR count). The van der Waals surface area contributed by atoms with E-state index < -0.39 is 40.7 Å². The van der Waals surface area contributed by atoms with Gasteiger partial charge >= 0.3 is 18.5 Å². The summed E-state index contributed by atoms with van der Waals surface area (Å²) in [6, 6.07) is 1.32. The number of benzene rings is 1. The molecule has 0 heterocycles. The van der Waals surface area contributed by atoms with E-state index in [1.807, 2.05) is 0 Å². The number of alkyl halides is 9. The van der Waals surface area contributed by atoms with Crippen LogP contribution in [0.3, 0.4) is 0 Å². The van der Waals surface area contributed by atoms with Gasteiger partial charge in [0.15, 0.2) is 0 Å². The van der Waals surface area contributed by atoms with E-state index in [2.05, 4.69) is 0 Å². The first-order chi connectivity index (χ1) is 9.96. The van der Waals surface area contributed by atoms with Crippen LogP contribution in [0, 0.1) is 0 Å². The smallest absolute Gasteiger partial charge is 0.369 e. The van der Waals surface area contributed by atoms with E-state index in [-0.39, 0.29) is 12.1 Å². The summed E-state index contributed by atoms with van der Waals surface area (Å²) in [6.45, 7) is 1.45. The van der Waals surface area contributed by atoms with E-state index >= 15 is 0 Å². The Morgan fingerprint density at radius 2 is 0.913 bits per heavy atom. The molecule has 0 fully saturated rings. The zero-order chi connectivity index (χ0) is 18.5. The molecule has 0 atom stereocenters. The molecule has 0 aromatic heterocycles. The molecular formula is C13H11F9O. The second-order valence-electron chi connectivity index (χ2n) is 5.41. The molecule has 132 valence electrons. The van der Waals surface area contributed by atoms with Gasteiger partial charge in [-0.15, -0.1) is 0 Å². The summed E-state index contributed by atoms with van der Waals surface area (Å²) in [5.74, 6) is 0. The Labute approximate surface area is 124 Å². The molecule has 0 aliphatic heterocycles. The van der Waals surface area contributed by atoms with E-state index in [1.54, 1.807) is 0 Å². The molecule has 0 bridgehead atoms. The summed E-state index contributed by atoms with van der Waals surface area (Å²) < 4.78 is 114. The standard InChI is InChI=1S/C13H11F9O/c1-9(2,11(14,15)16)7-3-5-8(6-4-7)10(23,12(17,18)19)13(20,21)22/h3-6,23H,1-2H3. The quantitative estimate of drug-likeness (QED) is 0.754. The molecule has 1 N–H and O–H groups in total. The van der Waals surface area contributed by atoms with Crippen LogP contribution in [0.25, 0.3) is 0 Å². The Morgan fingerprint density at radius 3 is 1.17 bits per heavy atom. The highest BCUT2D eigenvalue weighted by Crippen LogP contribution is 2.50. The third kappa shape index (κ3) is 3.13. The maximum absolute atomic E-state index is 12.8. The Hall–Kier alpha value is -1.45. The lowest BCUT2D eigenvalue weighted by atomic mass is 9.82. The average molecular weight is 354 g/mol. The van der Waals surface area contributed by atoms with Gasteiger partial charge in [0.1, 0.15) is 0 Å². The van der Waals surface area contributed by atoms with Gasteiger partial charge in [-0.25, -0.2) is 0 Å². The van der Waals surface area contributed by atoms with Gasteiger partial charge in [-0.2, -0.15) is 39.5 Å². The van der Waals surface area contributed by atoms with Gasteiger partial charge in [0.25, 0.3) is 5.60 Å². The summed E-state index contributed by atoms with van der Waals surface area (Å²) in [5.41, 5.74) is -9.80. The SMILES string of the molecule is CC(C)(c1ccc(C(O)(C(F)(F)F)C(F)(F)F)cc1)C(F)(F)F. The third-order valence-corrected chi connectivity index (χ3v) is 3.55. The molecule has 0 radical (unpaired) electrons. The normalized spacial score (nSPS) is 15.0. The number of hydrogen-bond donors (Lipinski definition) is 1. The van der Waals surface area contributed by atoms with Crippen LogP contribution >= 0.6 is 0 Å².